The Kier molecular flexibility index (Phi) is 6.23. The molecular weight excluding hydrogens is 306 g/mol. The van der Waals surface area contributed by atoms with Crippen molar-refractivity contribution < 1.29 is 19.4 Å². The van der Waals surface area contributed by atoms with E-state index in [0.717, 1.165) is 37.0 Å². The summed E-state index contributed by atoms with van der Waals surface area (Å²) in [6.45, 7) is 1.97. The first-order valence-corrected chi connectivity index (χ1v) is 8.65. The lowest BCUT2D eigenvalue weighted by molar-refractivity contribution is -0.148. The molecule has 0 heterocycles. The second-order valence-corrected chi connectivity index (χ2v) is 6.73. The zero-order valence-electron chi connectivity index (χ0n) is 14.5. The van der Waals surface area contributed by atoms with Crippen LogP contribution in [0.2, 0.25) is 0 Å². The summed E-state index contributed by atoms with van der Waals surface area (Å²) in [5.41, 5.74) is -0.0519. The average molecular weight is 333 g/mol. The van der Waals surface area contributed by atoms with Crippen molar-refractivity contribution in [1.29, 1.82) is 0 Å². The van der Waals surface area contributed by atoms with Crippen LogP contribution < -0.4 is 10.1 Å². The van der Waals surface area contributed by atoms with Gasteiger partial charge in [-0.25, -0.2) is 4.79 Å². The molecule has 0 radical (unpaired) electrons. The first-order chi connectivity index (χ1) is 11.5. The first-order valence-electron chi connectivity index (χ1n) is 8.65. The molecule has 1 amide bonds. The van der Waals surface area contributed by atoms with Crippen LogP contribution in [0.25, 0.3) is 0 Å². The number of hydrogen-bond donors (Lipinski definition) is 2. The fourth-order valence-corrected chi connectivity index (χ4v) is 3.37. The highest BCUT2D eigenvalue weighted by Gasteiger charge is 2.40. The molecule has 1 aliphatic carbocycles. The summed E-state index contributed by atoms with van der Waals surface area (Å²) in [5, 5.41) is 12.5. The minimum absolute atomic E-state index is 0.0209. The van der Waals surface area contributed by atoms with Crippen LogP contribution in [-0.4, -0.2) is 29.6 Å². The molecule has 2 rings (SSSR count). The normalized spacial score (nSPS) is 18.2. The molecule has 1 unspecified atom stereocenters. The summed E-state index contributed by atoms with van der Waals surface area (Å²) in [4.78, 5) is 24.2. The van der Waals surface area contributed by atoms with E-state index in [2.05, 4.69) is 5.32 Å². The molecule has 0 aromatic heterocycles. The van der Waals surface area contributed by atoms with E-state index < -0.39 is 11.5 Å². The molecule has 1 aromatic carbocycles. The molecule has 24 heavy (non-hydrogen) atoms. The topological polar surface area (TPSA) is 75.6 Å². The van der Waals surface area contributed by atoms with Crippen molar-refractivity contribution in [2.75, 3.05) is 7.11 Å². The van der Waals surface area contributed by atoms with Gasteiger partial charge in [0.2, 0.25) is 5.91 Å². The maximum atomic E-state index is 12.4. The second kappa shape index (κ2) is 8.18. The van der Waals surface area contributed by atoms with Gasteiger partial charge in [-0.2, -0.15) is 0 Å². The van der Waals surface area contributed by atoms with E-state index in [4.69, 9.17) is 4.74 Å². The van der Waals surface area contributed by atoms with E-state index in [0.29, 0.717) is 12.8 Å². The largest absolute Gasteiger partial charge is 0.497 e. The molecule has 0 bridgehead atoms. The van der Waals surface area contributed by atoms with Crippen LogP contribution in [0.5, 0.6) is 5.75 Å². The Balaban J connectivity index is 2.00. The number of carboxylic acids is 1. The van der Waals surface area contributed by atoms with Gasteiger partial charge in [-0.15, -0.1) is 0 Å². The lowest BCUT2D eigenvalue weighted by atomic mass is 9.89. The zero-order chi connectivity index (χ0) is 17.6. The summed E-state index contributed by atoms with van der Waals surface area (Å²) in [7, 11) is 1.62. The van der Waals surface area contributed by atoms with E-state index >= 15 is 0 Å². The number of aliphatic carboxylic acids is 1. The molecule has 1 aliphatic rings. The molecule has 0 aliphatic heterocycles. The lowest BCUT2D eigenvalue weighted by Crippen LogP contribution is -2.54. The number of methoxy groups -OCH3 is 1. The molecule has 1 fully saturated rings. The second-order valence-electron chi connectivity index (χ2n) is 6.73. The van der Waals surface area contributed by atoms with Crippen LogP contribution in [0, 0.1) is 0 Å². The van der Waals surface area contributed by atoms with Crippen LogP contribution in [0.15, 0.2) is 24.3 Å². The smallest absolute Gasteiger partial charge is 0.329 e. The summed E-state index contributed by atoms with van der Waals surface area (Å²) in [6, 6.07) is 7.62. The van der Waals surface area contributed by atoms with Crippen molar-refractivity contribution in [3.05, 3.63) is 29.8 Å². The molecule has 0 saturated heterocycles. The first kappa shape index (κ1) is 18.3. The van der Waals surface area contributed by atoms with Gasteiger partial charge in [0.05, 0.1) is 7.11 Å². The molecule has 1 saturated carbocycles. The third-order valence-electron chi connectivity index (χ3n) is 4.92. The predicted octanol–water partition coefficient (Wildman–Crippen LogP) is 3.48. The summed E-state index contributed by atoms with van der Waals surface area (Å²) in [6.07, 6.45) is 5.08. The van der Waals surface area contributed by atoms with Gasteiger partial charge in [0.15, 0.2) is 0 Å². The number of carboxylic acid groups (broad SMARTS) is 1. The molecule has 132 valence electrons. The Bertz CT molecular complexity index is 559. The molecule has 5 nitrogen and oxygen atoms in total. The van der Waals surface area contributed by atoms with E-state index in [-0.39, 0.29) is 18.2 Å². The van der Waals surface area contributed by atoms with E-state index in [1.165, 1.54) is 0 Å². The van der Waals surface area contributed by atoms with Crippen LogP contribution in [0.3, 0.4) is 0 Å². The van der Waals surface area contributed by atoms with Gasteiger partial charge in [0.25, 0.3) is 0 Å². The number of carbonyl (C=O) groups excluding carboxylic acids is 1. The number of amides is 1. The van der Waals surface area contributed by atoms with E-state index in [1.54, 1.807) is 7.11 Å². The zero-order valence-corrected chi connectivity index (χ0v) is 14.5. The van der Waals surface area contributed by atoms with Gasteiger partial charge < -0.3 is 15.2 Å². The Morgan fingerprint density at radius 1 is 1.17 bits per heavy atom. The number of ether oxygens (including phenoxy) is 1. The van der Waals surface area contributed by atoms with Crippen molar-refractivity contribution in [2.45, 2.75) is 63.3 Å². The van der Waals surface area contributed by atoms with E-state index in [9.17, 15) is 14.7 Å². The minimum atomic E-state index is -1.09. The summed E-state index contributed by atoms with van der Waals surface area (Å²) in [5.74, 6) is -0.302. The standard InChI is InChI=1S/C19H27NO4/c1-14(15-7-9-16(24-2)10-8-15)13-17(21)20-19(18(22)23)11-5-3-4-6-12-19/h7-10,14H,3-6,11-13H2,1-2H3,(H,20,21)(H,22,23). The van der Waals surface area contributed by atoms with Crippen LogP contribution >= 0.6 is 0 Å². The Hall–Kier alpha value is -2.04. The van der Waals surface area contributed by atoms with Gasteiger partial charge in [-0.3, -0.25) is 4.79 Å². The van der Waals surface area contributed by atoms with Gasteiger partial charge in [-0.05, 0) is 36.5 Å². The third kappa shape index (κ3) is 4.49. The number of carbonyl (C=O) groups is 2. The third-order valence-corrected chi connectivity index (χ3v) is 4.92. The van der Waals surface area contributed by atoms with Crippen molar-refractivity contribution in [2.24, 2.45) is 0 Å². The predicted molar refractivity (Wildman–Crippen MR) is 92.2 cm³/mol. The lowest BCUT2D eigenvalue weighted by Gasteiger charge is -2.30. The van der Waals surface area contributed by atoms with Crippen molar-refractivity contribution >= 4 is 11.9 Å². The SMILES string of the molecule is COc1ccc(C(C)CC(=O)NC2(C(=O)O)CCCCCC2)cc1. The molecule has 0 spiro atoms. The molecular formula is C19H27NO4. The van der Waals surface area contributed by atoms with Crippen molar-refractivity contribution in [3.63, 3.8) is 0 Å². The monoisotopic (exact) mass is 333 g/mol. The van der Waals surface area contributed by atoms with Gasteiger partial charge in [0, 0.05) is 6.42 Å². The molecule has 1 aromatic rings. The Morgan fingerprint density at radius 3 is 2.25 bits per heavy atom. The average Bonchev–Trinajstić information content (AvgIpc) is 2.81. The maximum absolute atomic E-state index is 12.4. The van der Waals surface area contributed by atoms with Crippen LogP contribution in [-0.2, 0) is 9.59 Å². The Labute approximate surface area is 143 Å². The Morgan fingerprint density at radius 2 is 1.75 bits per heavy atom. The van der Waals surface area contributed by atoms with Crippen LogP contribution in [0.1, 0.15) is 63.4 Å². The fraction of sp³-hybridized carbons (Fsp3) is 0.579. The van der Waals surface area contributed by atoms with Gasteiger partial charge >= 0.3 is 5.97 Å². The quantitative estimate of drug-likeness (QED) is 0.782. The van der Waals surface area contributed by atoms with E-state index in [1.807, 2.05) is 31.2 Å². The molecule has 2 N–H and O–H groups in total. The highest BCUT2D eigenvalue weighted by Crippen LogP contribution is 2.28. The number of benzene rings is 1. The summed E-state index contributed by atoms with van der Waals surface area (Å²) >= 11 is 0. The van der Waals surface area contributed by atoms with Crippen LogP contribution in [0.4, 0.5) is 0 Å². The number of nitrogens with one attached hydrogen (secondary N) is 1. The molecule has 1 atom stereocenters. The van der Waals surface area contributed by atoms with Gasteiger partial charge in [0.1, 0.15) is 11.3 Å². The van der Waals surface area contributed by atoms with Gasteiger partial charge in [-0.1, -0.05) is 44.7 Å². The minimum Gasteiger partial charge on any atom is -0.497 e. The number of hydrogen-bond acceptors (Lipinski definition) is 3. The highest BCUT2D eigenvalue weighted by molar-refractivity contribution is 5.87. The maximum Gasteiger partial charge on any atom is 0.329 e. The highest BCUT2D eigenvalue weighted by atomic mass is 16.5. The van der Waals surface area contributed by atoms with Crippen molar-refractivity contribution in [1.82, 2.24) is 5.32 Å². The molecule has 5 heteroatoms. The fourth-order valence-electron chi connectivity index (χ4n) is 3.37. The van der Waals surface area contributed by atoms with Crippen molar-refractivity contribution in [3.8, 4) is 5.75 Å². The number of rotatable bonds is 6. The summed E-state index contributed by atoms with van der Waals surface area (Å²) < 4.78 is 5.14.